The van der Waals surface area contributed by atoms with Crippen LogP contribution in [0.3, 0.4) is 0 Å². The van der Waals surface area contributed by atoms with Crippen LogP contribution in [0.1, 0.15) is 12.8 Å². The second-order valence-corrected chi connectivity index (χ2v) is 3.97. The van der Waals surface area contributed by atoms with Crippen LogP contribution in [0, 0.1) is 0 Å². The van der Waals surface area contributed by atoms with Crippen LogP contribution in [0.4, 0.5) is 13.2 Å². The van der Waals surface area contributed by atoms with E-state index in [0.717, 1.165) is 25.9 Å². The van der Waals surface area contributed by atoms with Crippen LogP contribution in [0.2, 0.25) is 0 Å². The van der Waals surface area contributed by atoms with Gasteiger partial charge in [-0.05, 0) is 25.9 Å². The number of halogens is 3. The predicted molar refractivity (Wildman–Crippen MR) is 52.6 cm³/mol. The van der Waals surface area contributed by atoms with Crippen molar-refractivity contribution < 1.29 is 13.2 Å². The number of nitrogens with one attached hydrogen (secondary N) is 1. The highest BCUT2D eigenvalue weighted by molar-refractivity contribution is 4.74. The molecular formula is C9H18F3N3. The van der Waals surface area contributed by atoms with Crippen LogP contribution < -0.4 is 11.1 Å². The summed E-state index contributed by atoms with van der Waals surface area (Å²) < 4.78 is 35.3. The van der Waals surface area contributed by atoms with E-state index in [1.165, 1.54) is 0 Å². The van der Waals surface area contributed by atoms with Crippen molar-refractivity contribution in [3.63, 3.8) is 0 Å². The molecule has 15 heavy (non-hydrogen) atoms. The molecule has 0 saturated carbocycles. The fraction of sp³-hybridized carbons (Fsp3) is 1.00. The second-order valence-electron chi connectivity index (χ2n) is 3.97. The normalized spacial score (nSPS) is 20.8. The van der Waals surface area contributed by atoms with Crippen molar-refractivity contribution in [2.45, 2.75) is 25.1 Å². The van der Waals surface area contributed by atoms with Gasteiger partial charge in [-0.15, -0.1) is 0 Å². The van der Waals surface area contributed by atoms with Gasteiger partial charge >= 0.3 is 6.18 Å². The number of rotatable bonds is 4. The minimum absolute atomic E-state index is 0.268. The Labute approximate surface area is 87.8 Å². The number of nitrogens with two attached hydrogens (primary N) is 1. The number of hydrogen-bond donors (Lipinski definition) is 2. The summed E-state index contributed by atoms with van der Waals surface area (Å²) in [5, 5.41) is 2.39. The lowest BCUT2D eigenvalue weighted by Gasteiger charge is -2.30. The van der Waals surface area contributed by atoms with E-state index in [-0.39, 0.29) is 6.04 Å². The standard InChI is InChI=1S/C9H18F3N3/c10-9(11,12)7-14-3-6-15-4-1-8(13)2-5-15/h8,14H,1-7,13H2. The number of piperidine rings is 1. The van der Waals surface area contributed by atoms with Crippen LogP contribution in [0.15, 0.2) is 0 Å². The smallest absolute Gasteiger partial charge is 0.328 e. The van der Waals surface area contributed by atoms with Crippen LogP contribution in [-0.2, 0) is 0 Å². The largest absolute Gasteiger partial charge is 0.401 e. The first-order valence-corrected chi connectivity index (χ1v) is 5.23. The number of hydrogen-bond acceptors (Lipinski definition) is 3. The Morgan fingerprint density at radius 3 is 2.40 bits per heavy atom. The third kappa shape index (κ3) is 5.96. The van der Waals surface area contributed by atoms with Crippen molar-refractivity contribution >= 4 is 0 Å². The maximum atomic E-state index is 11.8. The van der Waals surface area contributed by atoms with Crippen LogP contribution >= 0.6 is 0 Å². The molecule has 0 aliphatic carbocycles. The second kappa shape index (κ2) is 5.67. The maximum absolute atomic E-state index is 11.8. The fourth-order valence-corrected chi connectivity index (χ4v) is 1.64. The zero-order chi connectivity index (χ0) is 11.3. The Morgan fingerprint density at radius 2 is 1.87 bits per heavy atom. The molecule has 0 spiro atoms. The summed E-state index contributed by atoms with van der Waals surface area (Å²) >= 11 is 0. The molecule has 1 saturated heterocycles. The zero-order valence-electron chi connectivity index (χ0n) is 8.69. The van der Waals surface area contributed by atoms with Crippen LogP contribution in [0.25, 0.3) is 0 Å². The Hall–Kier alpha value is -0.330. The summed E-state index contributed by atoms with van der Waals surface area (Å²) in [6.45, 7) is 1.95. The lowest BCUT2D eigenvalue weighted by atomic mass is 10.1. The summed E-state index contributed by atoms with van der Waals surface area (Å²) in [5.74, 6) is 0. The van der Waals surface area contributed by atoms with Gasteiger partial charge in [0.15, 0.2) is 0 Å². The van der Waals surface area contributed by atoms with Crippen molar-refractivity contribution in [3.05, 3.63) is 0 Å². The SMILES string of the molecule is NC1CCN(CCNCC(F)(F)F)CC1. The van der Waals surface area contributed by atoms with E-state index in [9.17, 15) is 13.2 Å². The zero-order valence-corrected chi connectivity index (χ0v) is 8.69. The van der Waals surface area contributed by atoms with Gasteiger partial charge in [-0.1, -0.05) is 0 Å². The molecule has 90 valence electrons. The Bertz CT molecular complexity index is 176. The molecule has 3 nitrogen and oxygen atoms in total. The lowest BCUT2D eigenvalue weighted by Crippen LogP contribution is -2.43. The first-order valence-electron chi connectivity index (χ1n) is 5.23. The number of nitrogens with zero attached hydrogens (tertiary/aromatic N) is 1. The van der Waals surface area contributed by atoms with Gasteiger partial charge in [0.05, 0.1) is 6.54 Å². The monoisotopic (exact) mass is 225 g/mol. The van der Waals surface area contributed by atoms with Gasteiger partial charge in [-0.3, -0.25) is 0 Å². The van der Waals surface area contributed by atoms with Crippen LogP contribution in [0.5, 0.6) is 0 Å². The topological polar surface area (TPSA) is 41.3 Å². The van der Waals surface area contributed by atoms with Gasteiger partial charge in [0, 0.05) is 19.1 Å². The predicted octanol–water partition coefficient (Wildman–Crippen LogP) is 0.561. The van der Waals surface area contributed by atoms with E-state index in [2.05, 4.69) is 10.2 Å². The van der Waals surface area contributed by atoms with Gasteiger partial charge < -0.3 is 16.0 Å². The fourth-order valence-electron chi connectivity index (χ4n) is 1.64. The maximum Gasteiger partial charge on any atom is 0.401 e. The molecule has 0 aromatic carbocycles. The molecule has 0 aromatic rings. The third-order valence-corrected chi connectivity index (χ3v) is 2.56. The Balaban J connectivity index is 2.01. The van der Waals surface area contributed by atoms with Gasteiger partial charge in [0.2, 0.25) is 0 Å². The van der Waals surface area contributed by atoms with E-state index in [0.29, 0.717) is 13.1 Å². The highest BCUT2D eigenvalue weighted by Crippen LogP contribution is 2.12. The average Bonchev–Trinajstić information content (AvgIpc) is 2.14. The molecule has 0 atom stereocenters. The summed E-state index contributed by atoms with van der Waals surface area (Å²) in [6, 6.07) is 0.268. The molecule has 1 aliphatic rings. The third-order valence-electron chi connectivity index (χ3n) is 2.56. The average molecular weight is 225 g/mol. The first kappa shape index (κ1) is 12.7. The quantitative estimate of drug-likeness (QED) is 0.687. The summed E-state index contributed by atoms with van der Waals surface area (Å²) in [4.78, 5) is 2.15. The van der Waals surface area contributed by atoms with Gasteiger partial charge in [-0.25, -0.2) is 0 Å². The van der Waals surface area contributed by atoms with Crippen molar-refractivity contribution in [1.29, 1.82) is 0 Å². The Morgan fingerprint density at radius 1 is 1.27 bits per heavy atom. The summed E-state index contributed by atoms with van der Waals surface area (Å²) in [7, 11) is 0. The van der Waals surface area contributed by atoms with Crippen molar-refractivity contribution in [2.24, 2.45) is 5.73 Å². The molecule has 1 heterocycles. The molecular weight excluding hydrogens is 207 g/mol. The minimum Gasteiger partial charge on any atom is -0.328 e. The molecule has 1 aliphatic heterocycles. The summed E-state index contributed by atoms with van der Waals surface area (Å²) in [5.41, 5.74) is 5.72. The number of alkyl halides is 3. The lowest BCUT2D eigenvalue weighted by molar-refractivity contribution is -0.124. The van der Waals surface area contributed by atoms with Gasteiger partial charge in [0.1, 0.15) is 0 Å². The Kier molecular flexibility index (Phi) is 4.82. The van der Waals surface area contributed by atoms with E-state index >= 15 is 0 Å². The molecule has 0 aromatic heterocycles. The molecule has 3 N–H and O–H groups in total. The van der Waals surface area contributed by atoms with E-state index in [4.69, 9.17) is 5.73 Å². The number of likely N-dealkylation sites (tertiary alicyclic amines) is 1. The van der Waals surface area contributed by atoms with E-state index in [1.54, 1.807) is 0 Å². The van der Waals surface area contributed by atoms with Crippen molar-refractivity contribution in [2.75, 3.05) is 32.7 Å². The van der Waals surface area contributed by atoms with E-state index < -0.39 is 12.7 Å². The highest BCUT2D eigenvalue weighted by atomic mass is 19.4. The summed E-state index contributed by atoms with van der Waals surface area (Å²) in [6.07, 6.45) is -2.22. The molecule has 0 bridgehead atoms. The molecule has 6 heteroatoms. The van der Waals surface area contributed by atoms with Gasteiger partial charge in [-0.2, -0.15) is 13.2 Å². The highest BCUT2D eigenvalue weighted by Gasteiger charge is 2.26. The molecule has 1 fully saturated rings. The van der Waals surface area contributed by atoms with E-state index in [1.807, 2.05) is 0 Å². The molecule has 1 rings (SSSR count). The van der Waals surface area contributed by atoms with Crippen molar-refractivity contribution in [1.82, 2.24) is 10.2 Å². The minimum atomic E-state index is -4.11. The van der Waals surface area contributed by atoms with Crippen molar-refractivity contribution in [3.8, 4) is 0 Å². The van der Waals surface area contributed by atoms with Crippen LogP contribution in [-0.4, -0.2) is 49.8 Å². The molecule has 0 radical (unpaired) electrons. The molecule has 0 amide bonds. The molecule has 0 unspecified atom stereocenters. The first-order chi connectivity index (χ1) is 6.97. The van der Waals surface area contributed by atoms with Gasteiger partial charge in [0.25, 0.3) is 0 Å².